The van der Waals surface area contributed by atoms with Crippen LogP contribution in [0, 0.1) is 5.92 Å². The molecule has 5 rings (SSSR count). The van der Waals surface area contributed by atoms with E-state index in [9.17, 15) is 14.7 Å². The molecule has 3 aliphatic rings. The molecule has 0 radical (unpaired) electrons. The lowest BCUT2D eigenvalue weighted by Crippen LogP contribution is -2.53. The Bertz CT molecular complexity index is 1130. The maximum Gasteiger partial charge on any atom is 0.268 e. The smallest absolute Gasteiger partial charge is 0.268 e. The lowest BCUT2D eigenvalue weighted by atomic mass is 9.83. The molecule has 3 heterocycles. The Morgan fingerprint density at radius 2 is 1.82 bits per heavy atom. The third-order valence-corrected chi connectivity index (χ3v) is 8.59. The summed E-state index contributed by atoms with van der Waals surface area (Å²) in [6.45, 7) is 5.54. The van der Waals surface area contributed by atoms with Gasteiger partial charge < -0.3 is 25.2 Å². The van der Waals surface area contributed by atoms with Crippen LogP contribution in [0.3, 0.4) is 0 Å². The number of fused-ring (bicyclic) bond motifs is 1. The molecule has 0 bridgehead atoms. The van der Waals surface area contributed by atoms with E-state index in [0.717, 1.165) is 43.9 Å². The summed E-state index contributed by atoms with van der Waals surface area (Å²) in [6, 6.07) is 6.82. The van der Waals surface area contributed by atoms with Crippen molar-refractivity contribution in [3.63, 3.8) is 0 Å². The zero-order valence-corrected chi connectivity index (χ0v) is 26.6. The second-order valence-corrected chi connectivity index (χ2v) is 11.3. The van der Waals surface area contributed by atoms with E-state index < -0.39 is 0 Å². The normalized spacial score (nSPS) is 21.2. The fourth-order valence-electron chi connectivity index (χ4n) is 6.02. The van der Waals surface area contributed by atoms with Crippen LogP contribution in [0.25, 0.3) is 11.1 Å². The van der Waals surface area contributed by atoms with E-state index in [-0.39, 0.29) is 68.6 Å². The second-order valence-electron chi connectivity index (χ2n) is 10.9. The minimum Gasteiger partial charge on any atom is -0.506 e. The second kappa shape index (κ2) is 14.3. The average molecular weight is 690 g/mol. The van der Waals surface area contributed by atoms with E-state index in [1.165, 1.54) is 32.1 Å². The highest BCUT2D eigenvalue weighted by Crippen LogP contribution is 2.33. The van der Waals surface area contributed by atoms with Gasteiger partial charge in [0.05, 0.1) is 11.1 Å². The number of carbonyl (C=O) groups excluding carboxylic acids is 2. The highest BCUT2D eigenvalue weighted by atomic mass is 79.9. The van der Waals surface area contributed by atoms with Crippen molar-refractivity contribution in [2.24, 2.45) is 5.92 Å². The minimum atomic E-state index is -0.162. The number of aromatic nitrogens is 1. The van der Waals surface area contributed by atoms with Crippen molar-refractivity contribution >= 4 is 57.4 Å². The lowest BCUT2D eigenvalue weighted by molar-refractivity contribution is -0.123. The molecule has 11 heteroatoms. The number of phenolic OH excluding ortho intramolecular Hbond substituents is 1. The van der Waals surface area contributed by atoms with Crippen LogP contribution in [0.1, 0.15) is 55.1 Å². The number of phenols is 1. The summed E-state index contributed by atoms with van der Waals surface area (Å²) >= 11 is 6.11. The van der Waals surface area contributed by atoms with Crippen LogP contribution in [0.15, 0.2) is 30.5 Å². The summed E-state index contributed by atoms with van der Waals surface area (Å²) < 4.78 is 1.92. The number of hydrogen-bond donors (Lipinski definition) is 3. The Hall–Kier alpha value is -1.59. The average Bonchev–Trinajstić information content (AvgIpc) is 3.36. The number of likely N-dealkylation sites (N-methyl/N-ethyl adjacent to an activating group) is 1. The fourth-order valence-corrected chi connectivity index (χ4v) is 6.20. The van der Waals surface area contributed by atoms with Crippen LogP contribution in [-0.2, 0) is 4.79 Å². The first kappa shape index (κ1) is 31.9. The van der Waals surface area contributed by atoms with Gasteiger partial charge in [-0.05, 0) is 49.6 Å². The van der Waals surface area contributed by atoms with Gasteiger partial charge in [-0.2, -0.15) is 0 Å². The Labute approximate surface area is 257 Å². The summed E-state index contributed by atoms with van der Waals surface area (Å²) in [5.41, 5.74) is 2.17. The van der Waals surface area contributed by atoms with Gasteiger partial charge in [-0.15, -0.1) is 34.0 Å². The predicted octanol–water partition coefficient (Wildman–Crippen LogP) is 4.66. The number of benzene rings is 1. The van der Waals surface area contributed by atoms with E-state index in [2.05, 4.69) is 27.5 Å². The molecule has 1 aliphatic carbocycles. The largest absolute Gasteiger partial charge is 0.506 e. The van der Waals surface area contributed by atoms with Crippen molar-refractivity contribution in [1.82, 2.24) is 25.0 Å². The van der Waals surface area contributed by atoms with Crippen molar-refractivity contribution in [3.8, 4) is 16.9 Å². The first-order valence-corrected chi connectivity index (χ1v) is 13.9. The van der Waals surface area contributed by atoms with E-state index in [1.54, 1.807) is 18.2 Å². The number of piperazine rings is 1. The van der Waals surface area contributed by atoms with Crippen molar-refractivity contribution in [2.75, 3.05) is 46.3 Å². The van der Waals surface area contributed by atoms with Gasteiger partial charge in [0.15, 0.2) is 0 Å². The van der Waals surface area contributed by atoms with Gasteiger partial charge in [0.2, 0.25) is 5.91 Å². The molecule has 2 fully saturated rings. The molecule has 0 unspecified atom stereocenters. The number of halogens is 3. The van der Waals surface area contributed by atoms with Gasteiger partial charge in [-0.3, -0.25) is 14.5 Å². The standard InChI is InChI=1S/C28H38ClN5O3.2BrH/c1-32-9-11-33(12-10-32)18-24(19-5-3-2-4-6-19)31-27(36)15-22-16-30-28(37)25-14-21(17-34(22)25)20-7-8-26(35)23(29)13-20;;/h7-8,13-14,17,19,22,24,35H,2-6,9-12,15-16,18H2,1H3,(H,30,37)(H,31,36);2*1H/t22-,24-;;/m1../s1. The Balaban J connectivity index is 0.00000210. The molecule has 2 aromatic rings. The van der Waals surface area contributed by atoms with Crippen LogP contribution < -0.4 is 10.6 Å². The molecule has 8 nitrogen and oxygen atoms in total. The molecule has 2 atom stereocenters. The van der Waals surface area contributed by atoms with Crippen molar-refractivity contribution in [3.05, 3.63) is 41.2 Å². The molecule has 2 amide bonds. The molecule has 1 aromatic heterocycles. The maximum atomic E-state index is 13.4. The zero-order chi connectivity index (χ0) is 25.9. The zero-order valence-electron chi connectivity index (χ0n) is 22.4. The number of nitrogens with zero attached hydrogens (tertiary/aromatic N) is 3. The van der Waals surface area contributed by atoms with Crippen LogP contribution in [0.2, 0.25) is 5.02 Å². The Morgan fingerprint density at radius 1 is 1.10 bits per heavy atom. The van der Waals surface area contributed by atoms with Crippen molar-refractivity contribution < 1.29 is 14.7 Å². The lowest BCUT2D eigenvalue weighted by Gasteiger charge is -2.38. The highest BCUT2D eigenvalue weighted by Gasteiger charge is 2.31. The first-order valence-electron chi connectivity index (χ1n) is 13.6. The molecule has 2 aliphatic heterocycles. The van der Waals surface area contributed by atoms with Crippen LogP contribution in [-0.4, -0.2) is 83.6 Å². The summed E-state index contributed by atoms with van der Waals surface area (Å²) in [4.78, 5) is 30.9. The van der Waals surface area contributed by atoms with Crippen LogP contribution >= 0.6 is 45.6 Å². The van der Waals surface area contributed by atoms with Crippen LogP contribution in [0.4, 0.5) is 0 Å². The third kappa shape index (κ3) is 7.79. The Kier molecular flexibility index (Phi) is 11.7. The number of aromatic hydroxyl groups is 1. The van der Waals surface area contributed by atoms with Crippen molar-refractivity contribution in [2.45, 2.75) is 50.6 Å². The number of rotatable bonds is 7. The van der Waals surface area contributed by atoms with Gasteiger partial charge in [-0.1, -0.05) is 36.9 Å². The monoisotopic (exact) mass is 687 g/mol. The quantitative estimate of drug-likeness (QED) is 0.394. The topological polar surface area (TPSA) is 89.8 Å². The Morgan fingerprint density at radius 3 is 2.51 bits per heavy atom. The SMILES string of the molecule is Br.Br.CN1CCN(C[C@@H](NC(=O)C[C@@H]2CNC(=O)c3cc(-c4ccc(O)c(Cl)c4)cn32)C2CCCCC2)CC1. The van der Waals surface area contributed by atoms with Gasteiger partial charge in [-0.25, -0.2) is 0 Å². The molecule has 3 N–H and O–H groups in total. The number of nitrogens with one attached hydrogen (secondary N) is 2. The molecule has 216 valence electrons. The molecule has 1 aromatic carbocycles. The summed E-state index contributed by atoms with van der Waals surface area (Å²) in [5.74, 6) is 0.435. The van der Waals surface area contributed by atoms with Gasteiger partial charge in [0.25, 0.3) is 5.91 Å². The van der Waals surface area contributed by atoms with Gasteiger partial charge >= 0.3 is 0 Å². The van der Waals surface area contributed by atoms with E-state index in [4.69, 9.17) is 11.6 Å². The number of amides is 2. The molecular formula is C28H40Br2ClN5O3. The molecular weight excluding hydrogens is 650 g/mol. The van der Waals surface area contributed by atoms with E-state index in [1.807, 2.05) is 16.8 Å². The first-order chi connectivity index (χ1) is 17.9. The molecule has 1 saturated carbocycles. The van der Waals surface area contributed by atoms with Crippen LogP contribution in [0.5, 0.6) is 5.75 Å². The molecule has 1 saturated heterocycles. The predicted molar refractivity (Wildman–Crippen MR) is 166 cm³/mol. The maximum absolute atomic E-state index is 13.4. The minimum absolute atomic E-state index is 0. The molecule has 0 spiro atoms. The summed E-state index contributed by atoms with van der Waals surface area (Å²) in [5, 5.41) is 16.4. The number of hydrogen-bond acceptors (Lipinski definition) is 5. The number of carbonyl (C=O) groups is 2. The van der Waals surface area contributed by atoms with E-state index >= 15 is 0 Å². The fraction of sp³-hybridized carbons (Fsp3) is 0.571. The summed E-state index contributed by atoms with van der Waals surface area (Å²) in [6.07, 6.45) is 8.35. The van der Waals surface area contributed by atoms with Gasteiger partial charge in [0.1, 0.15) is 11.4 Å². The molecule has 39 heavy (non-hydrogen) atoms. The summed E-state index contributed by atoms with van der Waals surface area (Å²) in [7, 11) is 2.16. The third-order valence-electron chi connectivity index (χ3n) is 8.29. The van der Waals surface area contributed by atoms with Gasteiger partial charge in [0, 0.05) is 63.5 Å². The van der Waals surface area contributed by atoms with E-state index in [0.29, 0.717) is 24.6 Å². The van der Waals surface area contributed by atoms with Crippen molar-refractivity contribution in [1.29, 1.82) is 0 Å². The highest BCUT2D eigenvalue weighted by molar-refractivity contribution is 8.93.